The van der Waals surface area contributed by atoms with Crippen molar-refractivity contribution in [3.8, 4) is 11.3 Å². The van der Waals surface area contributed by atoms with Gasteiger partial charge in [0.2, 0.25) is 10.1 Å². The minimum Gasteiger partial charge on any atom is -0.382 e. The Morgan fingerprint density at radius 3 is 2.83 bits per heavy atom. The Bertz CT molecular complexity index is 695. The minimum atomic E-state index is 0.640. The molecule has 7 heteroatoms. The second-order valence-electron chi connectivity index (χ2n) is 5.01. The molecule has 1 N–H and O–H groups in total. The van der Waals surface area contributed by atoms with E-state index < -0.39 is 0 Å². The van der Waals surface area contributed by atoms with E-state index >= 15 is 0 Å². The zero-order valence-corrected chi connectivity index (χ0v) is 13.9. The molecule has 0 radical (unpaired) electrons. The number of nitrogens with zero attached hydrogens (tertiary/aromatic N) is 3. The Morgan fingerprint density at radius 2 is 2.04 bits per heavy atom. The van der Waals surface area contributed by atoms with Crippen LogP contribution in [0.1, 0.15) is 6.42 Å². The first-order valence-corrected chi connectivity index (χ1v) is 8.40. The van der Waals surface area contributed by atoms with Gasteiger partial charge < -0.3 is 14.8 Å². The summed E-state index contributed by atoms with van der Waals surface area (Å²) in [4.78, 5) is 5.51. The number of benzene rings is 1. The van der Waals surface area contributed by atoms with Gasteiger partial charge in [0.25, 0.3) is 0 Å². The molecule has 0 atom stereocenters. The predicted octanol–water partition coefficient (Wildman–Crippen LogP) is 2.92. The van der Waals surface area contributed by atoms with Crippen LogP contribution in [0.3, 0.4) is 0 Å². The summed E-state index contributed by atoms with van der Waals surface area (Å²) in [6.45, 7) is 2.83. The van der Waals surface area contributed by atoms with Gasteiger partial charge in [-0.25, -0.2) is 9.50 Å². The average Bonchev–Trinajstić information content (AvgIpc) is 3.13. The number of hydrogen-bond acceptors (Lipinski definition) is 6. The summed E-state index contributed by atoms with van der Waals surface area (Å²) in [6.07, 6.45) is 2.89. The summed E-state index contributed by atoms with van der Waals surface area (Å²) in [5.74, 6) is 0. The van der Waals surface area contributed by atoms with Crippen molar-refractivity contribution in [1.82, 2.24) is 14.6 Å². The van der Waals surface area contributed by atoms with Crippen molar-refractivity contribution in [2.24, 2.45) is 0 Å². The smallest absolute Gasteiger partial charge is 0.214 e. The molecular weight excluding hydrogens is 312 g/mol. The van der Waals surface area contributed by atoms with Crippen molar-refractivity contribution < 1.29 is 9.47 Å². The molecule has 2 heterocycles. The van der Waals surface area contributed by atoms with Crippen LogP contribution in [-0.4, -0.2) is 48.1 Å². The Balaban J connectivity index is 1.50. The second kappa shape index (κ2) is 8.05. The van der Waals surface area contributed by atoms with Crippen molar-refractivity contribution in [2.75, 3.05) is 38.8 Å². The molecule has 0 bridgehead atoms. The molecule has 0 saturated carbocycles. The number of hydrogen-bond donors (Lipinski definition) is 1. The predicted molar refractivity (Wildman–Crippen MR) is 92.1 cm³/mol. The molecule has 122 valence electrons. The topological polar surface area (TPSA) is 60.7 Å². The van der Waals surface area contributed by atoms with E-state index in [0.717, 1.165) is 40.9 Å². The Labute approximate surface area is 139 Å². The van der Waals surface area contributed by atoms with Gasteiger partial charge in [0.15, 0.2) is 0 Å². The zero-order valence-electron chi connectivity index (χ0n) is 13.1. The Hall–Kier alpha value is -1.96. The quantitative estimate of drug-likeness (QED) is 0.611. The van der Waals surface area contributed by atoms with Gasteiger partial charge in [0.05, 0.1) is 25.1 Å². The van der Waals surface area contributed by atoms with Crippen LogP contribution in [0.4, 0.5) is 5.13 Å². The van der Waals surface area contributed by atoms with Crippen molar-refractivity contribution >= 4 is 21.4 Å². The van der Waals surface area contributed by atoms with Crippen molar-refractivity contribution in [3.05, 3.63) is 36.5 Å². The van der Waals surface area contributed by atoms with Gasteiger partial charge in [-0.1, -0.05) is 41.7 Å². The molecule has 0 spiro atoms. The highest BCUT2D eigenvalue weighted by atomic mass is 32.1. The van der Waals surface area contributed by atoms with Gasteiger partial charge in [0, 0.05) is 25.8 Å². The van der Waals surface area contributed by atoms with E-state index in [1.54, 1.807) is 18.4 Å². The monoisotopic (exact) mass is 332 g/mol. The van der Waals surface area contributed by atoms with Gasteiger partial charge in [-0.15, -0.1) is 5.10 Å². The number of anilines is 1. The van der Waals surface area contributed by atoms with E-state index in [2.05, 4.69) is 27.5 Å². The zero-order chi connectivity index (χ0) is 15.9. The van der Waals surface area contributed by atoms with Crippen LogP contribution in [0.5, 0.6) is 0 Å². The lowest BCUT2D eigenvalue weighted by atomic mass is 10.2. The fourth-order valence-electron chi connectivity index (χ4n) is 2.13. The average molecular weight is 332 g/mol. The number of aromatic nitrogens is 3. The van der Waals surface area contributed by atoms with Crippen molar-refractivity contribution in [2.45, 2.75) is 6.42 Å². The van der Waals surface area contributed by atoms with Crippen LogP contribution in [-0.2, 0) is 9.47 Å². The summed E-state index contributed by atoms with van der Waals surface area (Å²) >= 11 is 1.55. The molecule has 0 aliphatic heterocycles. The van der Waals surface area contributed by atoms with Crippen LogP contribution in [0.15, 0.2) is 36.5 Å². The summed E-state index contributed by atoms with van der Waals surface area (Å²) in [7, 11) is 1.67. The SMILES string of the molecule is COCCOCCCNc1nn2cc(-c3ccccc3)nc2s1. The molecule has 3 aromatic rings. The van der Waals surface area contributed by atoms with E-state index in [-0.39, 0.29) is 0 Å². The van der Waals surface area contributed by atoms with Gasteiger partial charge in [0.1, 0.15) is 0 Å². The highest BCUT2D eigenvalue weighted by Crippen LogP contribution is 2.24. The lowest BCUT2D eigenvalue weighted by Crippen LogP contribution is -2.08. The normalized spacial score (nSPS) is 11.2. The van der Waals surface area contributed by atoms with Crippen molar-refractivity contribution in [1.29, 1.82) is 0 Å². The van der Waals surface area contributed by atoms with E-state index in [9.17, 15) is 0 Å². The van der Waals surface area contributed by atoms with Crippen LogP contribution in [0, 0.1) is 0 Å². The number of ether oxygens (including phenoxy) is 2. The van der Waals surface area contributed by atoms with E-state index in [1.165, 1.54) is 0 Å². The maximum absolute atomic E-state index is 5.42. The van der Waals surface area contributed by atoms with E-state index in [0.29, 0.717) is 13.2 Å². The molecule has 0 unspecified atom stereocenters. The maximum Gasteiger partial charge on any atom is 0.214 e. The number of fused-ring (bicyclic) bond motifs is 1. The lowest BCUT2D eigenvalue weighted by Gasteiger charge is -2.03. The largest absolute Gasteiger partial charge is 0.382 e. The fraction of sp³-hybridized carbons (Fsp3) is 0.375. The molecule has 0 aliphatic rings. The second-order valence-corrected chi connectivity index (χ2v) is 5.97. The molecule has 0 amide bonds. The third-order valence-electron chi connectivity index (χ3n) is 3.29. The van der Waals surface area contributed by atoms with Crippen molar-refractivity contribution in [3.63, 3.8) is 0 Å². The van der Waals surface area contributed by atoms with Gasteiger partial charge >= 0.3 is 0 Å². The number of rotatable bonds is 9. The summed E-state index contributed by atoms with van der Waals surface area (Å²) in [5.41, 5.74) is 2.05. The van der Waals surface area contributed by atoms with Gasteiger partial charge in [-0.3, -0.25) is 0 Å². The highest BCUT2D eigenvalue weighted by molar-refractivity contribution is 7.20. The van der Waals surface area contributed by atoms with Gasteiger partial charge in [-0.05, 0) is 6.42 Å². The first-order valence-electron chi connectivity index (χ1n) is 7.59. The Kier molecular flexibility index (Phi) is 5.57. The van der Waals surface area contributed by atoms with Crippen LogP contribution < -0.4 is 5.32 Å². The minimum absolute atomic E-state index is 0.640. The molecule has 6 nitrogen and oxygen atoms in total. The summed E-state index contributed by atoms with van der Waals surface area (Å²) in [6, 6.07) is 10.1. The third-order valence-corrected chi connectivity index (χ3v) is 4.17. The molecule has 23 heavy (non-hydrogen) atoms. The molecule has 0 saturated heterocycles. The molecular formula is C16H20N4O2S. The fourth-order valence-corrected chi connectivity index (χ4v) is 2.94. The number of nitrogens with one attached hydrogen (secondary N) is 1. The first-order chi connectivity index (χ1) is 11.4. The highest BCUT2D eigenvalue weighted by Gasteiger charge is 2.09. The van der Waals surface area contributed by atoms with Crippen LogP contribution >= 0.6 is 11.3 Å². The van der Waals surface area contributed by atoms with E-state index in [4.69, 9.17) is 9.47 Å². The molecule has 0 fully saturated rings. The standard InChI is InChI=1S/C16H20N4O2S/c1-21-10-11-22-9-5-8-17-15-19-20-12-14(18-16(20)23-15)13-6-3-2-4-7-13/h2-4,6-7,12H,5,8-11H2,1H3,(H,17,19). The maximum atomic E-state index is 5.42. The summed E-state index contributed by atoms with van der Waals surface area (Å²) < 4.78 is 12.2. The molecule has 3 rings (SSSR count). The number of imidazole rings is 1. The van der Waals surface area contributed by atoms with Gasteiger partial charge in [-0.2, -0.15) is 0 Å². The van der Waals surface area contributed by atoms with E-state index in [1.807, 2.05) is 28.9 Å². The third kappa shape index (κ3) is 4.28. The molecule has 0 aliphatic carbocycles. The number of methoxy groups -OCH3 is 1. The molecule has 1 aromatic carbocycles. The van der Waals surface area contributed by atoms with Crippen LogP contribution in [0.25, 0.3) is 16.2 Å². The molecule has 2 aromatic heterocycles. The lowest BCUT2D eigenvalue weighted by molar-refractivity contribution is 0.0705. The van der Waals surface area contributed by atoms with Crippen LogP contribution in [0.2, 0.25) is 0 Å². The summed E-state index contributed by atoms with van der Waals surface area (Å²) in [5, 5.41) is 8.69. The first kappa shape index (κ1) is 15.9. The Morgan fingerprint density at radius 1 is 1.17 bits per heavy atom.